The number of piperidine rings is 1. The fourth-order valence-corrected chi connectivity index (χ4v) is 5.92. The highest BCUT2D eigenvalue weighted by atomic mass is 35.5. The molecule has 0 radical (unpaired) electrons. The number of carboxylic acid groups (broad SMARTS) is 1. The Morgan fingerprint density at radius 1 is 1.36 bits per heavy atom. The maximum Gasteiger partial charge on any atom is 0.308 e. The van der Waals surface area contributed by atoms with E-state index >= 15 is 4.39 Å². The average Bonchev–Trinajstić information content (AvgIpc) is 2.88. The van der Waals surface area contributed by atoms with Gasteiger partial charge in [0.15, 0.2) is 5.82 Å². The number of carbonyl (C=O) groups is 1. The van der Waals surface area contributed by atoms with E-state index in [-0.39, 0.29) is 23.2 Å². The molecule has 1 aromatic carbocycles. The Balaban J connectivity index is 1.37. The Bertz CT molecular complexity index is 1220. The third-order valence-corrected chi connectivity index (χ3v) is 7.96. The van der Waals surface area contributed by atoms with E-state index in [0.29, 0.717) is 65.5 Å². The summed E-state index contributed by atoms with van der Waals surface area (Å²) in [6.45, 7) is 1.73. The van der Waals surface area contributed by atoms with Gasteiger partial charge < -0.3 is 14.7 Å². The van der Waals surface area contributed by atoms with Crippen LogP contribution in [0, 0.1) is 17.7 Å². The first-order valence-corrected chi connectivity index (χ1v) is 13.2. The quantitative estimate of drug-likeness (QED) is 0.317. The number of carboxylic acids is 1. The zero-order chi connectivity index (χ0) is 25.7. The Hall–Kier alpha value is -2.49. The largest absolute Gasteiger partial charge is 0.497 e. The van der Waals surface area contributed by atoms with Crippen molar-refractivity contribution in [3.8, 4) is 5.75 Å². The van der Waals surface area contributed by atoms with Crippen LogP contribution in [0.25, 0.3) is 10.9 Å². The number of fused-ring (bicyclic) bond motifs is 1. The van der Waals surface area contributed by atoms with E-state index in [9.17, 15) is 14.3 Å². The Morgan fingerprint density at radius 2 is 2.19 bits per heavy atom. The van der Waals surface area contributed by atoms with Crippen LogP contribution in [0.15, 0.2) is 47.8 Å². The van der Waals surface area contributed by atoms with Gasteiger partial charge in [0.1, 0.15) is 16.9 Å². The Labute approximate surface area is 218 Å². The molecule has 36 heavy (non-hydrogen) atoms. The molecule has 0 aliphatic carbocycles. The molecule has 2 aromatic heterocycles. The van der Waals surface area contributed by atoms with Crippen molar-refractivity contribution in [1.29, 1.82) is 0 Å². The molecule has 1 aliphatic rings. The fraction of sp³-hybridized carbons (Fsp3) is 0.423. The Kier molecular flexibility index (Phi) is 8.98. The number of aromatic nitrogens is 2. The zero-order valence-electron chi connectivity index (χ0n) is 19.9. The maximum atomic E-state index is 15.5. The van der Waals surface area contributed by atoms with Crippen LogP contribution in [0.2, 0.25) is 5.02 Å². The summed E-state index contributed by atoms with van der Waals surface area (Å²) in [4.78, 5) is 22.4. The number of halogens is 3. The second-order valence-corrected chi connectivity index (χ2v) is 10.4. The summed E-state index contributed by atoms with van der Waals surface area (Å²) in [7, 11) is 1.54. The van der Waals surface area contributed by atoms with Gasteiger partial charge in [-0.1, -0.05) is 11.6 Å². The van der Waals surface area contributed by atoms with Crippen molar-refractivity contribution >= 4 is 40.2 Å². The number of hydrogen-bond acceptors (Lipinski definition) is 6. The van der Waals surface area contributed by atoms with Gasteiger partial charge in [-0.05, 0) is 62.1 Å². The van der Waals surface area contributed by atoms with Gasteiger partial charge in [-0.2, -0.15) is 0 Å². The highest BCUT2D eigenvalue weighted by molar-refractivity contribution is 7.99. The Morgan fingerprint density at radius 3 is 2.94 bits per heavy atom. The molecule has 6 nitrogen and oxygen atoms in total. The number of hydrogen-bond donors (Lipinski definition) is 1. The minimum absolute atomic E-state index is 0.140. The summed E-state index contributed by atoms with van der Waals surface area (Å²) in [6.07, 6.45) is 2.90. The highest BCUT2D eigenvalue weighted by Gasteiger charge is 2.34. The van der Waals surface area contributed by atoms with Gasteiger partial charge in [-0.25, -0.2) is 13.8 Å². The van der Waals surface area contributed by atoms with Crippen LogP contribution in [0.5, 0.6) is 5.75 Å². The van der Waals surface area contributed by atoms with E-state index < -0.39 is 18.1 Å². The van der Waals surface area contributed by atoms with Gasteiger partial charge in [0, 0.05) is 42.2 Å². The van der Waals surface area contributed by atoms with Gasteiger partial charge >= 0.3 is 5.97 Å². The predicted octanol–water partition coefficient (Wildman–Crippen LogP) is 6.04. The number of methoxy groups -OCH3 is 1. The van der Waals surface area contributed by atoms with E-state index in [1.807, 2.05) is 0 Å². The SMILES string of the molecule is COc1ccc2ncc(Cl)c([C@H](F)CCC3CCN(CCSc4ncccc4F)CC3C(=O)O)c2c1. The van der Waals surface area contributed by atoms with E-state index in [0.717, 1.165) is 0 Å². The van der Waals surface area contributed by atoms with Crippen molar-refractivity contribution in [3.05, 3.63) is 59.1 Å². The number of pyridine rings is 2. The summed E-state index contributed by atoms with van der Waals surface area (Å²) < 4.78 is 34.6. The van der Waals surface area contributed by atoms with Crippen molar-refractivity contribution < 1.29 is 23.4 Å². The number of thioether (sulfide) groups is 1. The number of benzene rings is 1. The van der Waals surface area contributed by atoms with Crippen molar-refractivity contribution in [2.75, 3.05) is 32.5 Å². The van der Waals surface area contributed by atoms with Crippen LogP contribution in [-0.4, -0.2) is 58.4 Å². The minimum Gasteiger partial charge on any atom is -0.497 e. The van der Waals surface area contributed by atoms with E-state index in [1.165, 1.54) is 24.0 Å². The van der Waals surface area contributed by atoms with E-state index in [4.69, 9.17) is 16.3 Å². The van der Waals surface area contributed by atoms with Gasteiger partial charge in [-0.15, -0.1) is 11.8 Å². The lowest BCUT2D eigenvalue weighted by Gasteiger charge is -2.36. The lowest BCUT2D eigenvalue weighted by Crippen LogP contribution is -2.44. The van der Waals surface area contributed by atoms with Gasteiger partial charge in [-0.3, -0.25) is 9.78 Å². The third kappa shape index (κ3) is 6.25. The molecule has 3 heterocycles. The van der Waals surface area contributed by atoms with E-state index in [1.54, 1.807) is 37.6 Å². The molecule has 1 saturated heterocycles. The molecule has 1 N–H and O–H groups in total. The summed E-state index contributed by atoms with van der Waals surface area (Å²) in [5, 5.41) is 11.0. The zero-order valence-corrected chi connectivity index (χ0v) is 21.4. The number of likely N-dealkylation sites (tertiary alicyclic amines) is 1. The van der Waals surface area contributed by atoms with Crippen molar-refractivity contribution in [1.82, 2.24) is 14.9 Å². The molecule has 192 valence electrons. The first-order chi connectivity index (χ1) is 17.4. The molecule has 1 aliphatic heterocycles. The molecule has 0 amide bonds. The van der Waals surface area contributed by atoms with Gasteiger partial charge in [0.25, 0.3) is 0 Å². The first kappa shape index (κ1) is 26.6. The molecule has 1 fully saturated rings. The summed E-state index contributed by atoms with van der Waals surface area (Å²) in [6, 6.07) is 8.17. The van der Waals surface area contributed by atoms with Crippen LogP contribution in [0.1, 0.15) is 31.0 Å². The maximum absolute atomic E-state index is 15.5. The molecule has 0 saturated carbocycles. The highest BCUT2D eigenvalue weighted by Crippen LogP contribution is 2.38. The summed E-state index contributed by atoms with van der Waals surface area (Å²) in [5.74, 6) is -0.769. The van der Waals surface area contributed by atoms with Crippen molar-refractivity contribution in [3.63, 3.8) is 0 Å². The first-order valence-electron chi connectivity index (χ1n) is 11.8. The van der Waals surface area contributed by atoms with E-state index in [2.05, 4.69) is 14.9 Å². The van der Waals surface area contributed by atoms with Crippen molar-refractivity contribution in [2.45, 2.75) is 30.5 Å². The molecule has 2 unspecified atom stereocenters. The lowest BCUT2D eigenvalue weighted by molar-refractivity contribution is -0.146. The van der Waals surface area contributed by atoms with Crippen LogP contribution in [-0.2, 0) is 4.79 Å². The molecule has 10 heteroatoms. The van der Waals surface area contributed by atoms with Crippen LogP contribution < -0.4 is 4.74 Å². The second-order valence-electron chi connectivity index (χ2n) is 8.88. The molecule has 4 rings (SSSR count). The standard InChI is InChI=1S/C26H28ClF2N3O3S/c1-35-17-5-7-23-18(13-17)24(20(27)14-31-23)21(28)6-4-16-8-10-32(15-19(16)26(33)34)11-12-36-25-22(29)3-2-9-30-25/h2-3,5,7,9,13-14,16,19,21H,4,6,8,10-12,15H2,1H3,(H,33,34)/t16?,19?,21-/m1/s1. The number of alkyl halides is 1. The monoisotopic (exact) mass is 535 g/mol. The smallest absolute Gasteiger partial charge is 0.308 e. The van der Waals surface area contributed by atoms with Gasteiger partial charge in [0.2, 0.25) is 0 Å². The van der Waals surface area contributed by atoms with Gasteiger partial charge in [0.05, 0.1) is 23.6 Å². The average molecular weight is 536 g/mol. The molecular formula is C26H28ClF2N3O3S. The molecular weight excluding hydrogens is 508 g/mol. The number of nitrogens with zero attached hydrogens (tertiary/aromatic N) is 3. The topological polar surface area (TPSA) is 75.5 Å². The number of ether oxygens (including phenoxy) is 1. The predicted molar refractivity (Wildman–Crippen MR) is 137 cm³/mol. The molecule has 0 bridgehead atoms. The molecule has 3 atom stereocenters. The van der Waals surface area contributed by atoms with Crippen LogP contribution in [0.4, 0.5) is 8.78 Å². The summed E-state index contributed by atoms with van der Waals surface area (Å²) >= 11 is 7.66. The number of aliphatic carboxylic acids is 1. The fourth-order valence-electron chi connectivity index (χ4n) is 4.76. The van der Waals surface area contributed by atoms with Crippen LogP contribution >= 0.6 is 23.4 Å². The van der Waals surface area contributed by atoms with Crippen molar-refractivity contribution in [2.24, 2.45) is 11.8 Å². The minimum atomic E-state index is -1.35. The molecule has 0 spiro atoms. The third-order valence-electron chi connectivity index (χ3n) is 6.70. The normalized spacial score (nSPS) is 19.3. The summed E-state index contributed by atoms with van der Waals surface area (Å²) in [5.41, 5.74) is 0.988. The second kappa shape index (κ2) is 12.2. The molecule has 3 aromatic rings. The number of rotatable bonds is 10. The lowest BCUT2D eigenvalue weighted by atomic mass is 9.81. The van der Waals surface area contributed by atoms with Crippen LogP contribution in [0.3, 0.4) is 0 Å².